The minimum absolute atomic E-state index is 0.126. The molecular formula is C29H32Cl2N2O2. The van der Waals surface area contributed by atoms with Crippen LogP contribution < -0.4 is 15.0 Å². The van der Waals surface area contributed by atoms with Gasteiger partial charge in [-0.05, 0) is 97.8 Å². The predicted molar refractivity (Wildman–Crippen MR) is 144 cm³/mol. The first-order valence-corrected chi connectivity index (χ1v) is 13.3. The predicted octanol–water partition coefficient (Wildman–Crippen LogP) is 6.96. The van der Waals surface area contributed by atoms with E-state index in [2.05, 4.69) is 40.5 Å². The number of nitrogens with one attached hydrogen (secondary N) is 1. The summed E-state index contributed by atoms with van der Waals surface area (Å²) in [4.78, 5) is 2.39. The number of nitrogens with zero attached hydrogens (tertiary/aromatic N) is 1. The first kappa shape index (κ1) is 24.3. The SMILES string of the molecule is Oc1ccc2c(c1)CCN(c1ccc(Cl)c(Cl)c1)C2Cc1ccc(OCCC2CCCCN2)cc1. The van der Waals surface area contributed by atoms with Gasteiger partial charge in [-0.2, -0.15) is 0 Å². The normalized spacial score (nSPS) is 19.9. The Balaban J connectivity index is 1.31. The summed E-state index contributed by atoms with van der Waals surface area (Å²) < 4.78 is 6.03. The highest BCUT2D eigenvalue weighted by Crippen LogP contribution is 2.39. The summed E-state index contributed by atoms with van der Waals surface area (Å²) in [6, 6.07) is 20.8. The maximum absolute atomic E-state index is 10.0. The third-order valence-corrected chi connectivity index (χ3v) is 7.96. The van der Waals surface area contributed by atoms with Crippen LogP contribution in [-0.4, -0.2) is 30.8 Å². The van der Waals surface area contributed by atoms with Crippen LogP contribution in [0, 0.1) is 0 Å². The lowest BCUT2D eigenvalue weighted by Gasteiger charge is -2.39. The maximum Gasteiger partial charge on any atom is 0.119 e. The highest BCUT2D eigenvalue weighted by molar-refractivity contribution is 6.42. The zero-order valence-corrected chi connectivity index (χ0v) is 21.4. The van der Waals surface area contributed by atoms with Crippen LogP contribution in [0.3, 0.4) is 0 Å². The zero-order chi connectivity index (χ0) is 24.2. The van der Waals surface area contributed by atoms with Gasteiger partial charge in [-0.1, -0.05) is 47.8 Å². The fourth-order valence-electron chi connectivity index (χ4n) is 5.33. The lowest BCUT2D eigenvalue weighted by atomic mass is 9.88. The van der Waals surface area contributed by atoms with Crippen molar-refractivity contribution in [2.75, 3.05) is 24.6 Å². The standard InChI is InChI=1S/C29H32Cl2N2O2/c30-27-11-6-23(19-28(27)31)33-15-12-21-18-24(34)7-10-26(21)29(33)17-20-4-8-25(9-5-20)35-16-13-22-3-1-2-14-32-22/h4-11,18-19,22,29,32,34H,1-3,12-17H2. The largest absolute Gasteiger partial charge is 0.508 e. The second-order valence-electron chi connectivity index (χ2n) is 9.57. The Morgan fingerprint density at radius 1 is 0.971 bits per heavy atom. The minimum Gasteiger partial charge on any atom is -0.508 e. The van der Waals surface area contributed by atoms with E-state index in [4.69, 9.17) is 27.9 Å². The third-order valence-electron chi connectivity index (χ3n) is 7.22. The fraction of sp³-hybridized carbons (Fsp3) is 0.379. The lowest BCUT2D eigenvalue weighted by molar-refractivity contribution is 0.268. The molecule has 35 heavy (non-hydrogen) atoms. The van der Waals surface area contributed by atoms with E-state index in [1.54, 1.807) is 6.07 Å². The van der Waals surface area contributed by atoms with Crippen molar-refractivity contribution in [3.8, 4) is 11.5 Å². The van der Waals surface area contributed by atoms with E-state index in [1.165, 1.54) is 36.0 Å². The molecule has 2 aliphatic rings. The molecule has 1 saturated heterocycles. The van der Waals surface area contributed by atoms with Crippen molar-refractivity contribution >= 4 is 28.9 Å². The van der Waals surface area contributed by atoms with Gasteiger partial charge in [0, 0.05) is 18.3 Å². The van der Waals surface area contributed by atoms with Crippen molar-refractivity contribution in [3.05, 3.63) is 87.4 Å². The summed E-state index contributed by atoms with van der Waals surface area (Å²) >= 11 is 12.5. The van der Waals surface area contributed by atoms with Crippen LogP contribution in [-0.2, 0) is 12.8 Å². The Bertz CT molecular complexity index is 1150. The van der Waals surface area contributed by atoms with Gasteiger partial charge in [-0.15, -0.1) is 0 Å². The van der Waals surface area contributed by atoms with Gasteiger partial charge in [-0.3, -0.25) is 0 Å². The van der Waals surface area contributed by atoms with E-state index < -0.39 is 0 Å². The quantitative estimate of drug-likeness (QED) is 0.360. The van der Waals surface area contributed by atoms with Crippen molar-refractivity contribution in [1.29, 1.82) is 0 Å². The van der Waals surface area contributed by atoms with E-state index in [0.717, 1.165) is 50.4 Å². The number of rotatable bonds is 7. The molecule has 2 N–H and O–H groups in total. The average Bonchev–Trinajstić information content (AvgIpc) is 2.87. The van der Waals surface area contributed by atoms with Crippen LogP contribution >= 0.6 is 23.2 Å². The number of fused-ring (bicyclic) bond motifs is 1. The molecular weight excluding hydrogens is 479 g/mol. The topological polar surface area (TPSA) is 44.7 Å². The summed E-state index contributed by atoms with van der Waals surface area (Å²) in [5.41, 5.74) is 4.73. The molecule has 0 aromatic heterocycles. The number of halogens is 2. The van der Waals surface area contributed by atoms with Crippen molar-refractivity contribution in [2.24, 2.45) is 0 Å². The molecule has 4 nitrogen and oxygen atoms in total. The number of hydrogen-bond donors (Lipinski definition) is 2. The smallest absolute Gasteiger partial charge is 0.119 e. The summed E-state index contributed by atoms with van der Waals surface area (Å²) in [5.74, 6) is 1.23. The highest BCUT2D eigenvalue weighted by Gasteiger charge is 2.28. The van der Waals surface area contributed by atoms with Gasteiger partial charge in [0.2, 0.25) is 0 Å². The summed E-state index contributed by atoms with van der Waals surface area (Å²) in [6.07, 6.45) is 6.60. The molecule has 0 spiro atoms. The number of aromatic hydroxyl groups is 1. The molecule has 2 aliphatic heterocycles. The van der Waals surface area contributed by atoms with Crippen LogP contribution in [0.5, 0.6) is 11.5 Å². The monoisotopic (exact) mass is 510 g/mol. The first-order valence-electron chi connectivity index (χ1n) is 12.6. The Morgan fingerprint density at radius 2 is 1.83 bits per heavy atom. The van der Waals surface area contributed by atoms with E-state index in [1.807, 2.05) is 24.3 Å². The molecule has 2 unspecified atom stereocenters. The number of hydrogen-bond acceptors (Lipinski definition) is 4. The molecule has 6 heteroatoms. The number of benzene rings is 3. The third kappa shape index (κ3) is 5.88. The number of phenols is 1. The van der Waals surface area contributed by atoms with E-state index >= 15 is 0 Å². The molecule has 2 atom stereocenters. The van der Waals surface area contributed by atoms with Crippen LogP contribution in [0.15, 0.2) is 60.7 Å². The average molecular weight is 511 g/mol. The van der Waals surface area contributed by atoms with Gasteiger partial charge >= 0.3 is 0 Å². The van der Waals surface area contributed by atoms with Crippen LogP contribution in [0.2, 0.25) is 10.0 Å². The fourth-order valence-corrected chi connectivity index (χ4v) is 5.62. The minimum atomic E-state index is 0.126. The summed E-state index contributed by atoms with van der Waals surface area (Å²) in [6.45, 7) is 2.71. The number of phenolic OH excluding ortho intramolecular Hbond substituents is 1. The zero-order valence-electron chi connectivity index (χ0n) is 19.9. The van der Waals surface area contributed by atoms with Gasteiger partial charge in [0.1, 0.15) is 11.5 Å². The summed E-state index contributed by atoms with van der Waals surface area (Å²) in [5, 5.41) is 14.7. The number of piperidine rings is 1. The van der Waals surface area contributed by atoms with Gasteiger partial charge in [0.15, 0.2) is 0 Å². The Hall–Kier alpha value is -2.40. The Kier molecular flexibility index (Phi) is 7.72. The van der Waals surface area contributed by atoms with E-state index in [0.29, 0.717) is 21.8 Å². The van der Waals surface area contributed by atoms with E-state index in [-0.39, 0.29) is 6.04 Å². The maximum atomic E-state index is 10.0. The summed E-state index contributed by atoms with van der Waals surface area (Å²) in [7, 11) is 0. The molecule has 0 bridgehead atoms. The van der Waals surface area contributed by atoms with Gasteiger partial charge < -0.3 is 20.1 Å². The molecule has 3 aromatic rings. The molecule has 5 rings (SSSR count). The molecule has 0 aliphatic carbocycles. The van der Waals surface area contributed by atoms with Crippen molar-refractivity contribution < 1.29 is 9.84 Å². The lowest BCUT2D eigenvalue weighted by Crippen LogP contribution is -2.36. The van der Waals surface area contributed by atoms with Crippen LogP contribution in [0.4, 0.5) is 5.69 Å². The van der Waals surface area contributed by atoms with Crippen LogP contribution in [0.1, 0.15) is 48.4 Å². The van der Waals surface area contributed by atoms with E-state index in [9.17, 15) is 5.11 Å². The van der Waals surface area contributed by atoms with Gasteiger partial charge in [0.05, 0.1) is 22.7 Å². The molecule has 1 fully saturated rings. The number of ether oxygens (including phenoxy) is 1. The molecule has 184 valence electrons. The number of anilines is 1. The molecule has 0 radical (unpaired) electrons. The second-order valence-corrected chi connectivity index (χ2v) is 10.4. The molecule has 2 heterocycles. The Labute approximate surface area is 217 Å². The highest BCUT2D eigenvalue weighted by atomic mass is 35.5. The van der Waals surface area contributed by atoms with Gasteiger partial charge in [-0.25, -0.2) is 0 Å². The van der Waals surface area contributed by atoms with Crippen molar-refractivity contribution in [2.45, 2.75) is 50.6 Å². The Morgan fingerprint density at radius 3 is 2.60 bits per heavy atom. The van der Waals surface area contributed by atoms with Crippen molar-refractivity contribution in [3.63, 3.8) is 0 Å². The molecule has 3 aromatic carbocycles. The first-order chi connectivity index (χ1) is 17.1. The van der Waals surface area contributed by atoms with Crippen LogP contribution in [0.25, 0.3) is 0 Å². The van der Waals surface area contributed by atoms with Gasteiger partial charge in [0.25, 0.3) is 0 Å². The second kappa shape index (κ2) is 11.1. The van der Waals surface area contributed by atoms with Crippen molar-refractivity contribution in [1.82, 2.24) is 5.32 Å². The molecule has 0 amide bonds. The molecule has 0 saturated carbocycles.